The third-order valence-corrected chi connectivity index (χ3v) is 5.48. The molecule has 3 rings (SSSR count). The quantitative estimate of drug-likeness (QED) is 0.864. The van der Waals surface area contributed by atoms with E-state index in [0.29, 0.717) is 6.04 Å². The van der Waals surface area contributed by atoms with Gasteiger partial charge in [-0.05, 0) is 31.0 Å². The number of carbonyl (C=O) groups excluding carboxylic acids is 2. The van der Waals surface area contributed by atoms with Gasteiger partial charge in [0, 0.05) is 62.9 Å². The number of piperazine rings is 1. The zero-order valence-corrected chi connectivity index (χ0v) is 16.0. The number of hydrogen-bond acceptors (Lipinski definition) is 4. The van der Waals surface area contributed by atoms with Crippen molar-refractivity contribution in [3.05, 3.63) is 29.3 Å². The van der Waals surface area contributed by atoms with E-state index in [9.17, 15) is 9.59 Å². The Labute approximate surface area is 160 Å². The number of nitrogens with zero attached hydrogens (tertiary/aromatic N) is 3. The highest BCUT2D eigenvalue weighted by Crippen LogP contribution is 2.23. The third kappa shape index (κ3) is 4.89. The molecule has 2 aliphatic heterocycles. The Kier molecular flexibility index (Phi) is 6.38. The maximum atomic E-state index is 12.3. The second kappa shape index (κ2) is 8.73. The molecular weight excluding hydrogens is 352 g/mol. The summed E-state index contributed by atoms with van der Waals surface area (Å²) < 4.78 is 0. The molecule has 2 amide bonds. The molecule has 1 atom stereocenters. The Morgan fingerprint density at radius 3 is 2.65 bits per heavy atom. The molecule has 26 heavy (non-hydrogen) atoms. The van der Waals surface area contributed by atoms with Crippen molar-refractivity contribution in [1.82, 2.24) is 15.1 Å². The highest BCUT2D eigenvalue weighted by molar-refractivity contribution is 6.30. The van der Waals surface area contributed by atoms with E-state index in [1.54, 1.807) is 0 Å². The number of anilines is 1. The minimum Gasteiger partial charge on any atom is -0.369 e. The summed E-state index contributed by atoms with van der Waals surface area (Å²) in [5.41, 5.74) is 1.17. The first kappa shape index (κ1) is 19.0. The van der Waals surface area contributed by atoms with E-state index in [1.807, 2.05) is 23.1 Å². The Morgan fingerprint density at radius 1 is 1.19 bits per heavy atom. The standard InChI is InChI=1S/C19H27ClN4O2/c1-15(25)21-13-19(26)24-7-3-6-18(14-24)23-10-8-22(9-11-23)17-5-2-4-16(20)12-17/h2,4-5,12,18H,3,6-11,13-14H2,1H3,(H,21,25)/t18-/m1/s1. The van der Waals surface area contributed by atoms with Crippen LogP contribution in [0.3, 0.4) is 0 Å². The first-order valence-corrected chi connectivity index (χ1v) is 9.67. The van der Waals surface area contributed by atoms with Crippen LogP contribution in [0.25, 0.3) is 0 Å². The lowest BCUT2D eigenvalue weighted by molar-refractivity contribution is -0.134. The summed E-state index contributed by atoms with van der Waals surface area (Å²) in [4.78, 5) is 30.0. The van der Waals surface area contributed by atoms with Crippen LogP contribution < -0.4 is 10.2 Å². The Morgan fingerprint density at radius 2 is 1.96 bits per heavy atom. The maximum Gasteiger partial charge on any atom is 0.242 e. The number of halogens is 1. The second-order valence-electron chi connectivity index (χ2n) is 7.05. The van der Waals surface area contributed by atoms with Crippen molar-refractivity contribution in [1.29, 1.82) is 0 Å². The SMILES string of the molecule is CC(=O)NCC(=O)N1CCC[C@@H](N2CCN(c3cccc(Cl)c3)CC2)C1. The van der Waals surface area contributed by atoms with Gasteiger partial charge in [0.25, 0.3) is 0 Å². The monoisotopic (exact) mass is 378 g/mol. The van der Waals surface area contributed by atoms with Crippen molar-refractivity contribution in [2.45, 2.75) is 25.8 Å². The van der Waals surface area contributed by atoms with Gasteiger partial charge in [-0.25, -0.2) is 0 Å². The smallest absolute Gasteiger partial charge is 0.242 e. The van der Waals surface area contributed by atoms with E-state index in [2.05, 4.69) is 21.2 Å². The molecule has 0 bridgehead atoms. The van der Waals surface area contributed by atoms with Gasteiger partial charge in [0.05, 0.1) is 6.54 Å². The van der Waals surface area contributed by atoms with E-state index >= 15 is 0 Å². The molecular formula is C19H27ClN4O2. The van der Waals surface area contributed by atoms with Gasteiger partial charge in [0.15, 0.2) is 0 Å². The van der Waals surface area contributed by atoms with Crippen molar-refractivity contribution in [3.8, 4) is 0 Å². The van der Waals surface area contributed by atoms with Gasteiger partial charge in [0.2, 0.25) is 11.8 Å². The van der Waals surface area contributed by atoms with Crippen molar-refractivity contribution in [2.75, 3.05) is 50.7 Å². The number of benzene rings is 1. The largest absolute Gasteiger partial charge is 0.369 e. The second-order valence-corrected chi connectivity index (χ2v) is 7.48. The first-order chi connectivity index (χ1) is 12.5. The molecule has 7 heteroatoms. The zero-order valence-electron chi connectivity index (χ0n) is 15.3. The van der Waals surface area contributed by atoms with E-state index in [0.717, 1.165) is 57.1 Å². The van der Waals surface area contributed by atoms with Crippen LogP contribution in [0.2, 0.25) is 5.02 Å². The lowest BCUT2D eigenvalue weighted by atomic mass is 10.0. The van der Waals surface area contributed by atoms with Gasteiger partial charge in [-0.1, -0.05) is 17.7 Å². The summed E-state index contributed by atoms with van der Waals surface area (Å²) in [6, 6.07) is 8.41. The molecule has 2 saturated heterocycles. The van der Waals surface area contributed by atoms with Gasteiger partial charge < -0.3 is 15.1 Å². The molecule has 2 fully saturated rings. The first-order valence-electron chi connectivity index (χ1n) is 9.29. The molecule has 0 saturated carbocycles. The molecule has 1 N–H and O–H groups in total. The molecule has 142 valence electrons. The van der Waals surface area contributed by atoms with Gasteiger partial charge in [-0.2, -0.15) is 0 Å². The van der Waals surface area contributed by atoms with Gasteiger partial charge >= 0.3 is 0 Å². The highest BCUT2D eigenvalue weighted by atomic mass is 35.5. The molecule has 0 unspecified atom stereocenters. The summed E-state index contributed by atoms with van der Waals surface area (Å²) in [6.07, 6.45) is 2.14. The maximum absolute atomic E-state index is 12.3. The van der Waals surface area contributed by atoms with Crippen molar-refractivity contribution >= 4 is 29.1 Å². The van der Waals surface area contributed by atoms with Crippen molar-refractivity contribution in [3.63, 3.8) is 0 Å². The van der Waals surface area contributed by atoms with Crippen LogP contribution in [0.1, 0.15) is 19.8 Å². The van der Waals surface area contributed by atoms with Gasteiger partial charge in [0.1, 0.15) is 0 Å². The van der Waals surface area contributed by atoms with Crippen LogP contribution in [0, 0.1) is 0 Å². The molecule has 1 aromatic rings. The molecule has 2 aliphatic rings. The van der Waals surface area contributed by atoms with E-state index in [-0.39, 0.29) is 18.4 Å². The van der Waals surface area contributed by atoms with Crippen LogP contribution >= 0.6 is 11.6 Å². The number of nitrogens with one attached hydrogen (secondary N) is 1. The van der Waals surface area contributed by atoms with Crippen LogP contribution in [-0.2, 0) is 9.59 Å². The topological polar surface area (TPSA) is 55.9 Å². The molecule has 0 radical (unpaired) electrons. The number of amides is 2. The molecule has 2 heterocycles. The van der Waals surface area contributed by atoms with Crippen LogP contribution in [0.4, 0.5) is 5.69 Å². The van der Waals surface area contributed by atoms with Crippen LogP contribution in [-0.4, -0.2) is 73.5 Å². The van der Waals surface area contributed by atoms with Gasteiger partial charge in [-0.15, -0.1) is 0 Å². The number of hydrogen-bond donors (Lipinski definition) is 1. The Hall–Kier alpha value is -1.79. The zero-order chi connectivity index (χ0) is 18.5. The average Bonchev–Trinajstić information content (AvgIpc) is 2.66. The normalized spacial score (nSPS) is 21.5. The number of likely N-dealkylation sites (tertiary alicyclic amines) is 1. The number of carbonyl (C=O) groups is 2. The van der Waals surface area contributed by atoms with Gasteiger partial charge in [-0.3, -0.25) is 14.5 Å². The summed E-state index contributed by atoms with van der Waals surface area (Å²) in [6.45, 7) is 7.01. The predicted octanol–water partition coefficient (Wildman–Crippen LogP) is 1.59. The predicted molar refractivity (Wildman–Crippen MR) is 104 cm³/mol. The average molecular weight is 379 g/mol. The number of piperidine rings is 1. The number of rotatable bonds is 4. The van der Waals surface area contributed by atoms with Crippen LogP contribution in [0.5, 0.6) is 0 Å². The van der Waals surface area contributed by atoms with Crippen LogP contribution in [0.15, 0.2) is 24.3 Å². The van der Waals surface area contributed by atoms with E-state index < -0.39 is 0 Å². The lowest BCUT2D eigenvalue weighted by Gasteiger charge is -2.44. The summed E-state index contributed by atoms with van der Waals surface area (Å²) in [5, 5.41) is 3.37. The molecule has 6 nitrogen and oxygen atoms in total. The summed E-state index contributed by atoms with van der Waals surface area (Å²) in [5.74, 6) is -0.147. The third-order valence-electron chi connectivity index (χ3n) is 5.24. The van der Waals surface area contributed by atoms with E-state index in [1.165, 1.54) is 12.6 Å². The molecule has 0 spiro atoms. The molecule has 0 aromatic heterocycles. The highest BCUT2D eigenvalue weighted by Gasteiger charge is 2.30. The molecule has 1 aromatic carbocycles. The fraction of sp³-hybridized carbons (Fsp3) is 0.579. The fourth-order valence-corrected chi connectivity index (χ4v) is 3.99. The Balaban J connectivity index is 1.51. The lowest BCUT2D eigenvalue weighted by Crippen LogP contribution is -2.56. The fourth-order valence-electron chi connectivity index (χ4n) is 3.81. The van der Waals surface area contributed by atoms with E-state index in [4.69, 9.17) is 11.6 Å². The Bertz CT molecular complexity index is 646. The van der Waals surface area contributed by atoms with Crippen molar-refractivity contribution in [2.24, 2.45) is 0 Å². The summed E-state index contributed by atoms with van der Waals surface area (Å²) >= 11 is 6.10. The summed E-state index contributed by atoms with van der Waals surface area (Å²) in [7, 11) is 0. The molecule has 0 aliphatic carbocycles. The minimum absolute atomic E-state index is 0.0162. The van der Waals surface area contributed by atoms with Crippen molar-refractivity contribution < 1.29 is 9.59 Å². The minimum atomic E-state index is -0.163.